The fraction of sp³-hybridized carbons (Fsp3) is 0.350. The van der Waals surface area contributed by atoms with Crippen LogP contribution in [0.4, 0.5) is 13.2 Å². The minimum atomic E-state index is -4.70. The molecule has 8 heteroatoms. The van der Waals surface area contributed by atoms with Gasteiger partial charge in [-0.15, -0.1) is 13.2 Å². The van der Waals surface area contributed by atoms with E-state index in [1.54, 1.807) is 30.3 Å². The first-order valence-electron chi connectivity index (χ1n) is 8.93. The van der Waals surface area contributed by atoms with Crippen LogP contribution in [0.25, 0.3) is 0 Å². The summed E-state index contributed by atoms with van der Waals surface area (Å²) in [4.78, 5) is 14.7. The Kier molecular flexibility index (Phi) is 4.66. The van der Waals surface area contributed by atoms with Gasteiger partial charge in [-0.2, -0.15) is 0 Å². The Hall–Kier alpha value is -2.74. The van der Waals surface area contributed by atoms with Crippen molar-refractivity contribution in [2.45, 2.75) is 24.9 Å². The third kappa shape index (κ3) is 4.06. The van der Waals surface area contributed by atoms with Crippen LogP contribution in [0, 0.1) is 0 Å². The molecular formula is C20H19F3N2O3. The number of ether oxygens (including phenoxy) is 2. The topological polar surface area (TPSA) is 50.8 Å². The van der Waals surface area contributed by atoms with Gasteiger partial charge in [0.05, 0.1) is 11.1 Å². The number of amides is 1. The number of carbonyl (C=O) groups excluding carboxylic acids is 1. The minimum Gasteiger partial charge on any atom is -0.490 e. The number of fused-ring (bicyclic) bond motifs is 1. The summed E-state index contributed by atoms with van der Waals surface area (Å²) in [5, 5.41) is 3.11. The van der Waals surface area contributed by atoms with Gasteiger partial charge in [-0.25, -0.2) is 0 Å². The summed E-state index contributed by atoms with van der Waals surface area (Å²) in [6.45, 7) is 2.30. The van der Waals surface area contributed by atoms with Gasteiger partial charge in [0.25, 0.3) is 5.91 Å². The molecule has 2 aromatic carbocycles. The highest BCUT2D eigenvalue weighted by molar-refractivity contribution is 5.97. The second kappa shape index (κ2) is 7.01. The van der Waals surface area contributed by atoms with Gasteiger partial charge in [0.15, 0.2) is 0 Å². The molecule has 1 N–H and O–H groups in total. The highest BCUT2D eigenvalue weighted by Gasteiger charge is 2.42. The van der Waals surface area contributed by atoms with Crippen LogP contribution >= 0.6 is 0 Å². The van der Waals surface area contributed by atoms with Crippen LogP contribution in [-0.2, 0) is 6.54 Å². The summed E-state index contributed by atoms with van der Waals surface area (Å²) >= 11 is 0. The monoisotopic (exact) mass is 392 g/mol. The molecule has 1 spiro atoms. The lowest BCUT2D eigenvalue weighted by atomic mass is 9.99. The molecule has 1 fully saturated rings. The molecule has 28 heavy (non-hydrogen) atoms. The largest absolute Gasteiger partial charge is 0.573 e. The summed E-state index contributed by atoms with van der Waals surface area (Å²) in [6, 6.07) is 13.0. The second-order valence-electron chi connectivity index (χ2n) is 7.17. The number of likely N-dealkylation sites (tertiary alicyclic amines) is 1. The van der Waals surface area contributed by atoms with Crippen molar-refractivity contribution in [2.24, 2.45) is 0 Å². The zero-order chi connectivity index (χ0) is 19.8. The average Bonchev–Trinajstić information content (AvgIpc) is 2.96. The van der Waals surface area contributed by atoms with Crippen LogP contribution in [0.15, 0.2) is 48.5 Å². The Bertz CT molecular complexity index is 870. The van der Waals surface area contributed by atoms with E-state index >= 15 is 0 Å². The third-order valence-electron chi connectivity index (χ3n) is 5.01. The van der Waals surface area contributed by atoms with Crippen molar-refractivity contribution < 1.29 is 27.4 Å². The van der Waals surface area contributed by atoms with Crippen LogP contribution in [0.5, 0.6) is 11.5 Å². The number of nitrogens with one attached hydrogen (secondary N) is 1. The van der Waals surface area contributed by atoms with E-state index in [9.17, 15) is 18.0 Å². The second-order valence-corrected chi connectivity index (χ2v) is 7.17. The first-order valence-corrected chi connectivity index (χ1v) is 8.93. The van der Waals surface area contributed by atoms with Gasteiger partial charge < -0.3 is 14.8 Å². The van der Waals surface area contributed by atoms with Crippen molar-refractivity contribution in [1.82, 2.24) is 10.2 Å². The lowest BCUT2D eigenvalue weighted by Gasteiger charge is -2.28. The maximum atomic E-state index is 12.6. The molecule has 0 radical (unpaired) electrons. The lowest BCUT2D eigenvalue weighted by Crippen LogP contribution is -2.53. The first-order chi connectivity index (χ1) is 13.3. The first kappa shape index (κ1) is 18.6. The quantitative estimate of drug-likeness (QED) is 0.871. The highest BCUT2D eigenvalue weighted by atomic mass is 19.4. The van der Waals surface area contributed by atoms with Crippen molar-refractivity contribution in [3.8, 4) is 11.5 Å². The number of halogens is 3. The minimum absolute atomic E-state index is 0.149. The van der Waals surface area contributed by atoms with Crippen molar-refractivity contribution in [3.63, 3.8) is 0 Å². The van der Waals surface area contributed by atoms with Gasteiger partial charge in [-0.05, 0) is 36.2 Å². The average molecular weight is 392 g/mol. The van der Waals surface area contributed by atoms with E-state index in [1.807, 2.05) is 6.07 Å². The lowest BCUT2D eigenvalue weighted by molar-refractivity contribution is -0.274. The number of rotatable bonds is 3. The Balaban J connectivity index is 1.40. The zero-order valence-corrected chi connectivity index (χ0v) is 15.0. The number of benzene rings is 2. The molecule has 1 saturated heterocycles. The molecule has 2 heterocycles. The molecule has 0 aliphatic carbocycles. The van der Waals surface area contributed by atoms with Crippen LogP contribution in [-0.4, -0.2) is 42.4 Å². The normalized spacial score (nSPS) is 22.3. The van der Waals surface area contributed by atoms with E-state index in [0.29, 0.717) is 31.0 Å². The molecular weight excluding hydrogens is 373 g/mol. The fourth-order valence-electron chi connectivity index (χ4n) is 3.71. The fourth-order valence-corrected chi connectivity index (χ4v) is 3.71. The van der Waals surface area contributed by atoms with E-state index in [-0.39, 0.29) is 11.7 Å². The van der Waals surface area contributed by atoms with Crippen molar-refractivity contribution in [1.29, 1.82) is 0 Å². The molecule has 0 saturated carbocycles. The SMILES string of the molecule is O=C1NC2(CCN(Cc3ccc(OC(F)(F)F)cc3)C2)COc2ccccc21. The summed E-state index contributed by atoms with van der Waals surface area (Å²) in [7, 11) is 0. The van der Waals surface area contributed by atoms with Crippen LogP contribution < -0.4 is 14.8 Å². The molecule has 1 amide bonds. The summed E-state index contributed by atoms with van der Waals surface area (Å²) < 4.78 is 46.6. The van der Waals surface area contributed by atoms with Crippen LogP contribution in [0.1, 0.15) is 22.3 Å². The molecule has 0 bridgehead atoms. The van der Waals surface area contributed by atoms with E-state index in [1.165, 1.54) is 12.1 Å². The molecule has 0 aromatic heterocycles. The van der Waals surface area contributed by atoms with Crippen molar-refractivity contribution >= 4 is 5.91 Å². The van der Waals surface area contributed by atoms with E-state index < -0.39 is 11.9 Å². The van der Waals surface area contributed by atoms with Crippen LogP contribution in [0.3, 0.4) is 0 Å². The van der Waals surface area contributed by atoms with Gasteiger partial charge in [-0.1, -0.05) is 24.3 Å². The van der Waals surface area contributed by atoms with Gasteiger partial charge in [0.1, 0.15) is 18.1 Å². The molecule has 1 atom stereocenters. The summed E-state index contributed by atoms with van der Waals surface area (Å²) in [5.41, 5.74) is 0.920. The predicted octanol–water partition coefficient (Wildman–Crippen LogP) is 3.35. The molecule has 148 valence electrons. The van der Waals surface area contributed by atoms with Gasteiger partial charge in [0, 0.05) is 19.6 Å². The van der Waals surface area contributed by atoms with Gasteiger partial charge in [-0.3, -0.25) is 9.69 Å². The number of hydrogen-bond acceptors (Lipinski definition) is 4. The molecule has 4 rings (SSSR count). The molecule has 2 aromatic rings. The van der Waals surface area contributed by atoms with E-state index in [2.05, 4.69) is 15.0 Å². The predicted molar refractivity (Wildman–Crippen MR) is 95.2 cm³/mol. The Labute approximate surface area is 160 Å². The third-order valence-corrected chi connectivity index (χ3v) is 5.01. The Morgan fingerprint density at radius 2 is 1.89 bits per heavy atom. The number of alkyl halides is 3. The summed E-state index contributed by atoms with van der Waals surface area (Å²) in [6.07, 6.45) is -3.96. The Morgan fingerprint density at radius 3 is 2.64 bits per heavy atom. The summed E-state index contributed by atoms with van der Waals surface area (Å²) in [5.74, 6) is 0.190. The smallest absolute Gasteiger partial charge is 0.490 e. The Morgan fingerprint density at radius 1 is 1.14 bits per heavy atom. The molecule has 1 unspecified atom stereocenters. The highest BCUT2D eigenvalue weighted by Crippen LogP contribution is 2.30. The van der Waals surface area contributed by atoms with E-state index in [0.717, 1.165) is 18.5 Å². The van der Waals surface area contributed by atoms with Gasteiger partial charge >= 0.3 is 6.36 Å². The zero-order valence-electron chi connectivity index (χ0n) is 15.0. The van der Waals surface area contributed by atoms with Crippen molar-refractivity contribution in [3.05, 3.63) is 59.7 Å². The number of carbonyl (C=O) groups is 1. The van der Waals surface area contributed by atoms with Crippen LogP contribution in [0.2, 0.25) is 0 Å². The molecule has 2 aliphatic heterocycles. The molecule has 5 nitrogen and oxygen atoms in total. The standard InChI is InChI=1S/C20H19F3N2O3/c21-20(22,23)28-15-7-5-14(6-8-15)11-25-10-9-19(12-25)13-27-17-4-2-1-3-16(17)18(26)24-19/h1-8H,9-13H2,(H,24,26). The molecule has 2 aliphatic rings. The number of nitrogens with zero attached hydrogens (tertiary/aromatic N) is 1. The number of hydrogen-bond donors (Lipinski definition) is 1. The maximum absolute atomic E-state index is 12.6. The van der Waals surface area contributed by atoms with Gasteiger partial charge in [0.2, 0.25) is 0 Å². The van der Waals surface area contributed by atoms with Crippen molar-refractivity contribution in [2.75, 3.05) is 19.7 Å². The maximum Gasteiger partial charge on any atom is 0.573 e. The van der Waals surface area contributed by atoms with E-state index in [4.69, 9.17) is 4.74 Å². The number of para-hydroxylation sites is 1.